The predicted octanol–water partition coefficient (Wildman–Crippen LogP) is 2.30. The molecule has 0 bridgehead atoms. The molecular formula is C22H22N4O4S. The summed E-state index contributed by atoms with van der Waals surface area (Å²) in [6.45, 7) is 3.12. The largest absolute Gasteiger partial charge is 0.497 e. The Morgan fingerprint density at radius 2 is 1.87 bits per heavy atom. The first-order valence-electron chi connectivity index (χ1n) is 9.86. The molecule has 0 spiro atoms. The lowest BCUT2D eigenvalue weighted by Crippen LogP contribution is -2.58. The average molecular weight is 439 g/mol. The van der Waals surface area contributed by atoms with Crippen molar-refractivity contribution in [3.63, 3.8) is 0 Å². The molecule has 0 aromatic heterocycles. The summed E-state index contributed by atoms with van der Waals surface area (Å²) in [5.74, 6) is -1.47. The molecular weight excluding hydrogens is 416 g/mol. The molecule has 4 rings (SSSR count). The lowest BCUT2D eigenvalue weighted by Gasteiger charge is -2.31. The quantitative estimate of drug-likeness (QED) is 0.438. The fraction of sp³-hybridized carbons (Fsp3) is 0.273. The van der Waals surface area contributed by atoms with Crippen LogP contribution in [0.4, 0.5) is 17.1 Å². The minimum Gasteiger partial charge on any atom is -0.497 e. The number of nitrogens with zero attached hydrogens (tertiary/aromatic N) is 3. The SMILES string of the molecule is COc1cccc(N2C(=O)C(C=Nc3ccc(N4CCOCC4)cc3)C(=O)NC2=S)c1. The third kappa shape index (κ3) is 4.57. The number of benzene rings is 2. The molecule has 2 fully saturated rings. The zero-order chi connectivity index (χ0) is 21.8. The van der Waals surface area contributed by atoms with Gasteiger partial charge < -0.3 is 19.7 Å². The highest BCUT2D eigenvalue weighted by Gasteiger charge is 2.38. The minimum atomic E-state index is -1.09. The normalized spacial score (nSPS) is 19.6. The predicted molar refractivity (Wildman–Crippen MR) is 122 cm³/mol. The molecule has 1 N–H and O–H groups in total. The second kappa shape index (κ2) is 9.23. The van der Waals surface area contributed by atoms with Gasteiger partial charge in [0.2, 0.25) is 5.91 Å². The van der Waals surface area contributed by atoms with Gasteiger partial charge in [0.15, 0.2) is 11.0 Å². The van der Waals surface area contributed by atoms with Crippen LogP contribution in [0.25, 0.3) is 0 Å². The molecule has 9 heteroatoms. The van der Waals surface area contributed by atoms with Gasteiger partial charge in [0.25, 0.3) is 5.91 Å². The fourth-order valence-corrected chi connectivity index (χ4v) is 3.74. The molecule has 2 amide bonds. The van der Waals surface area contributed by atoms with Crippen LogP contribution in [-0.4, -0.2) is 56.6 Å². The third-order valence-corrected chi connectivity index (χ3v) is 5.40. The zero-order valence-corrected chi connectivity index (χ0v) is 17.8. The second-order valence-electron chi connectivity index (χ2n) is 7.04. The van der Waals surface area contributed by atoms with Crippen molar-refractivity contribution in [2.24, 2.45) is 10.9 Å². The Hall–Kier alpha value is -3.30. The molecule has 31 heavy (non-hydrogen) atoms. The van der Waals surface area contributed by atoms with Gasteiger partial charge in [0, 0.05) is 31.1 Å². The number of carbonyl (C=O) groups excluding carboxylic acids is 2. The second-order valence-corrected chi connectivity index (χ2v) is 7.43. The molecule has 0 radical (unpaired) electrons. The van der Waals surface area contributed by atoms with Crippen molar-refractivity contribution in [3.8, 4) is 5.75 Å². The Kier molecular flexibility index (Phi) is 6.24. The summed E-state index contributed by atoms with van der Waals surface area (Å²) in [6, 6.07) is 14.6. The van der Waals surface area contributed by atoms with Crippen molar-refractivity contribution < 1.29 is 19.1 Å². The lowest BCUT2D eigenvalue weighted by molar-refractivity contribution is -0.130. The lowest BCUT2D eigenvalue weighted by atomic mass is 10.1. The molecule has 2 aliphatic rings. The molecule has 2 aliphatic heterocycles. The van der Waals surface area contributed by atoms with Crippen LogP contribution >= 0.6 is 12.2 Å². The van der Waals surface area contributed by atoms with E-state index in [2.05, 4.69) is 15.2 Å². The van der Waals surface area contributed by atoms with E-state index in [0.29, 0.717) is 30.3 Å². The number of thiocarbonyl (C=S) groups is 1. The first-order chi connectivity index (χ1) is 15.1. The molecule has 1 atom stereocenters. The van der Waals surface area contributed by atoms with Gasteiger partial charge >= 0.3 is 0 Å². The summed E-state index contributed by atoms with van der Waals surface area (Å²) >= 11 is 5.22. The monoisotopic (exact) mass is 438 g/mol. The number of carbonyl (C=O) groups is 2. The molecule has 2 saturated heterocycles. The Labute approximate surface area is 185 Å². The summed E-state index contributed by atoms with van der Waals surface area (Å²) in [5.41, 5.74) is 2.25. The van der Waals surface area contributed by atoms with E-state index in [9.17, 15) is 9.59 Å². The van der Waals surface area contributed by atoms with Crippen molar-refractivity contribution in [1.29, 1.82) is 0 Å². The van der Waals surface area contributed by atoms with Crippen molar-refractivity contribution >= 4 is 52.4 Å². The van der Waals surface area contributed by atoms with E-state index in [0.717, 1.165) is 18.8 Å². The van der Waals surface area contributed by atoms with Gasteiger partial charge in [0.1, 0.15) is 5.75 Å². The average Bonchev–Trinajstić information content (AvgIpc) is 2.80. The van der Waals surface area contributed by atoms with Crippen LogP contribution in [0.2, 0.25) is 0 Å². The number of morpholine rings is 1. The van der Waals surface area contributed by atoms with Crippen LogP contribution in [0.3, 0.4) is 0 Å². The first kappa shape index (κ1) is 21.0. The van der Waals surface area contributed by atoms with Gasteiger partial charge in [-0.3, -0.25) is 19.5 Å². The molecule has 0 aliphatic carbocycles. The Bertz CT molecular complexity index is 1020. The van der Waals surface area contributed by atoms with Gasteiger partial charge in [0.05, 0.1) is 31.7 Å². The summed E-state index contributed by atoms with van der Waals surface area (Å²) in [6.07, 6.45) is 1.36. The molecule has 2 aromatic carbocycles. The number of methoxy groups -OCH3 is 1. The van der Waals surface area contributed by atoms with Crippen molar-refractivity contribution in [2.45, 2.75) is 0 Å². The standard InChI is InChI=1S/C22H22N4O4S/c1-29-18-4-2-3-17(13-18)26-21(28)19(20(27)24-22(26)31)14-23-15-5-7-16(8-6-15)25-9-11-30-12-10-25/h2-8,13-14,19H,9-12H2,1H3,(H,24,27,31). The number of ether oxygens (including phenoxy) is 2. The molecule has 2 heterocycles. The van der Waals surface area contributed by atoms with E-state index >= 15 is 0 Å². The minimum absolute atomic E-state index is 0.0303. The van der Waals surface area contributed by atoms with E-state index in [1.165, 1.54) is 18.2 Å². The smallest absolute Gasteiger partial charge is 0.251 e. The number of rotatable bonds is 5. The van der Waals surface area contributed by atoms with Crippen LogP contribution < -0.4 is 19.9 Å². The summed E-state index contributed by atoms with van der Waals surface area (Å²) in [7, 11) is 1.54. The van der Waals surface area contributed by atoms with E-state index < -0.39 is 17.7 Å². The van der Waals surface area contributed by atoms with Crippen molar-refractivity contribution in [3.05, 3.63) is 48.5 Å². The molecule has 8 nitrogen and oxygen atoms in total. The Morgan fingerprint density at radius 3 is 2.58 bits per heavy atom. The zero-order valence-electron chi connectivity index (χ0n) is 17.0. The maximum absolute atomic E-state index is 13.1. The summed E-state index contributed by atoms with van der Waals surface area (Å²) in [5, 5.41) is 2.61. The molecule has 160 valence electrons. The van der Waals surface area contributed by atoms with E-state index in [1.54, 1.807) is 24.3 Å². The van der Waals surface area contributed by atoms with Gasteiger partial charge in [-0.15, -0.1) is 0 Å². The first-order valence-corrected chi connectivity index (χ1v) is 10.3. The van der Waals surface area contributed by atoms with Gasteiger partial charge in [-0.25, -0.2) is 0 Å². The van der Waals surface area contributed by atoms with Gasteiger partial charge in [-0.05, 0) is 48.6 Å². The highest BCUT2D eigenvalue weighted by Crippen LogP contribution is 2.25. The fourth-order valence-electron chi connectivity index (χ4n) is 3.45. The third-order valence-electron chi connectivity index (χ3n) is 5.11. The number of anilines is 2. The highest BCUT2D eigenvalue weighted by atomic mass is 32.1. The molecule has 2 aromatic rings. The van der Waals surface area contributed by atoms with Gasteiger partial charge in [-0.2, -0.15) is 0 Å². The molecule has 1 unspecified atom stereocenters. The number of aliphatic imine (C=N–C) groups is 1. The number of nitrogens with one attached hydrogen (secondary N) is 1. The topological polar surface area (TPSA) is 83.5 Å². The highest BCUT2D eigenvalue weighted by molar-refractivity contribution is 7.80. The number of hydrogen-bond acceptors (Lipinski definition) is 7. The van der Waals surface area contributed by atoms with Crippen molar-refractivity contribution in [1.82, 2.24) is 5.32 Å². The van der Waals surface area contributed by atoms with E-state index in [-0.39, 0.29) is 5.11 Å². The number of hydrogen-bond donors (Lipinski definition) is 1. The van der Waals surface area contributed by atoms with Crippen LogP contribution in [0.5, 0.6) is 5.75 Å². The van der Waals surface area contributed by atoms with Gasteiger partial charge in [-0.1, -0.05) is 6.07 Å². The summed E-state index contributed by atoms with van der Waals surface area (Å²) < 4.78 is 10.6. The van der Waals surface area contributed by atoms with E-state index in [4.69, 9.17) is 21.7 Å². The van der Waals surface area contributed by atoms with E-state index in [1.807, 2.05) is 24.3 Å². The Morgan fingerprint density at radius 1 is 1.13 bits per heavy atom. The van der Waals surface area contributed by atoms with Crippen LogP contribution in [-0.2, 0) is 14.3 Å². The maximum atomic E-state index is 13.1. The van der Waals surface area contributed by atoms with Crippen LogP contribution in [0.15, 0.2) is 53.5 Å². The maximum Gasteiger partial charge on any atom is 0.251 e. The molecule has 0 saturated carbocycles. The summed E-state index contributed by atoms with van der Waals surface area (Å²) in [4.78, 5) is 33.4. The Balaban J connectivity index is 1.51. The van der Waals surface area contributed by atoms with Crippen LogP contribution in [0.1, 0.15) is 0 Å². The van der Waals surface area contributed by atoms with Crippen LogP contribution in [0, 0.1) is 5.92 Å². The van der Waals surface area contributed by atoms with Crippen molar-refractivity contribution in [2.75, 3.05) is 43.2 Å². The number of amides is 2.